The summed E-state index contributed by atoms with van der Waals surface area (Å²) in [6.07, 6.45) is 1.14. The van der Waals surface area contributed by atoms with Gasteiger partial charge in [-0.2, -0.15) is 5.06 Å². The molecule has 1 aromatic rings. The molecule has 0 spiro atoms. The molecule has 6 heteroatoms. The van der Waals surface area contributed by atoms with Crippen LogP contribution in [0.4, 0.5) is 4.79 Å². The molecule has 0 radical (unpaired) electrons. The Morgan fingerprint density at radius 2 is 2.05 bits per heavy atom. The highest BCUT2D eigenvalue weighted by Gasteiger charge is 2.47. The zero-order chi connectivity index (χ0) is 14.1. The largest absolute Gasteiger partial charge is 0.480 e. The molecule has 2 amide bonds. The maximum Gasteiger partial charge on any atom is 0.345 e. The van der Waals surface area contributed by atoms with E-state index < -0.39 is 12.0 Å². The van der Waals surface area contributed by atoms with Crippen molar-refractivity contribution in [1.82, 2.24) is 9.96 Å². The summed E-state index contributed by atoms with van der Waals surface area (Å²) >= 11 is 0. The Balaban J connectivity index is 1.67. The summed E-state index contributed by atoms with van der Waals surface area (Å²) in [6.45, 7) is 0.749. The number of urea groups is 1. The van der Waals surface area contributed by atoms with Crippen LogP contribution in [0.3, 0.4) is 0 Å². The second kappa shape index (κ2) is 5.13. The minimum atomic E-state index is -0.943. The van der Waals surface area contributed by atoms with Gasteiger partial charge in [0.2, 0.25) is 0 Å². The summed E-state index contributed by atoms with van der Waals surface area (Å²) in [4.78, 5) is 30.3. The van der Waals surface area contributed by atoms with Crippen molar-refractivity contribution in [1.29, 1.82) is 0 Å². The molecule has 0 saturated carbocycles. The summed E-state index contributed by atoms with van der Waals surface area (Å²) in [5.74, 6) is -0.943. The zero-order valence-corrected chi connectivity index (χ0v) is 10.9. The van der Waals surface area contributed by atoms with Crippen LogP contribution in [0.25, 0.3) is 0 Å². The Hall–Kier alpha value is -2.08. The van der Waals surface area contributed by atoms with Gasteiger partial charge in [-0.3, -0.25) is 4.84 Å². The van der Waals surface area contributed by atoms with E-state index in [1.165, 1.54) is 9.96 Å². The van der Waals surface area contributed by atoms with E-state index >= 15 is 0 Å². The quantitative estimate of drug-likeness (QED) is 0.904. The molecule has 2 fully saturated rings. The van der Waals surface area contributed by atoms with Gasteiger partial charge in [0.1, 0.15) is 12.6 Å². The van der Waals surface area contributed by atoms with Gasteiger partial charge in [0.25, 0.3) is 0 Å². The van der Waals surface area contributed by atoms with Crippen LogP contribution in [-0.4, -0.2) is 45.7 Å². The van der Waals surface area contributed by atoms with Crippen molar-refractivity contribution in [3.63, 3.8) is 0 Å². The van der Waals surface area contributed by atoms with Crippen LogP contribution in [0.2, 0.25) is 0 Å². The average Bonchev–Trinajstić information content (AvgIpc) is 2.70. The summed E-state index contributed by atoms with van der Waals surface area (Å²) in [7, 11) is 0. The highest BCUT2D eigenvalue weighted by Crippen LogP contribution is 2.30. The molecule has 0 aliphatic carbocycles. The number of carboxylic acids is 1. The molecule has 1 N–H and O–H groups in total. The van der Waals surface area contributed by atoms with Crippen LogP contribution < -0.4 is 0 Å². The predicted molar refractivity (Wildman–Crippen MR) is 69.6 cm³/mol. The number of nitrogens with zero attached hydrogens (tertiary/aromatic N) is 2. The number of carboxylic acid groups (broad SMARTS) is 1. The van der Waals surface area contributed by atoms with Gasteiger partial charge in [0.05, 0.1) is 6.04 Å². The second-order valence-corrected chi connectivity index (χ2v) is 5.10. The Morgan fingerprint density at radius 3 is 2.75 bits per heavy atom. The van der Waals surface area contributed by atoms with Crippen LogP contribution in [0.1, 0.15) is 18.4 Å². The fraction of sp³-hybridized carbons (Fsp3) is 0.429. The van der Waals surface area contributed by atoms with Crippen LogP contribution in [0.5, 0.6) is 0 Å². The fourth-order valence-electron chi connectivity index (χ4n) is 2.77. The molecule has 6 nitrogen and oxygen atoms in total. The van der Waals surface area contributed by atoms with Gasteiger partial charge in [0.15, 0.2) is 0 Å². The molecule has 2 aliphatic heterocycles. The first-order valence-electron chi connectivity index (χ1n) is 6.66. The van der Waals surface area contributed by atoms with Crippen LogP contribution in [0.15, 0.2) is 30.3 Å². The van der Waals surface area contributed by atoms with E-state index in [-0.39, 0.29) is 12.1 Å². The van der Waals surface area contributed by atoms with Gasteiger partial charge >= 0.3 is 12.0 Å². The first-order chi connectivity index (χ1) is 9.66. The van der Waals surface area contributed by atoms with Gasteiger partial charge in [-0.25, -0.2) is 9.59 Å². The highest BCUT2D eigenvalue weighted by molar-refractivity contribution is 5.84. The lowest BCUT2D eigenvalue weighted by Crippen LogP contribution is -2.44. The van der Waals surface area contributed by atoms with Gasteiger partial charge in [-0.15, -0.1) is 0 Å². The third-order valence-corrected chi connectivity index (χ3v) is 3.82. The van der Waals surface area contributed by atoms with E-state index in [0.29, 0.717) is 26.0 Å². The molecule has 2 bridgehead atoms. The SMILES string of the molecule is O=C(O)C1CCC2CN1C(=O)N2OCc1ccccc1. The first kappa shape index (κ1) is 12.9. The summed E-state index contributed by atoms with van der Waals surface area (Å²) in [5, 5.41) is 10.5. The van der Waals surface area contributed by atoms with Crippen molar-refractivity contribution in [3.8, 4) is 0 Å². The number of rotatable bonds is 4. The van der Waals surface area contributed by atoms with Crippen molar-refractivity contribution < 1.29 is 19.5 Å². The van der Waals surface area contributed by atoms with Crippen molar-refractivity contribution in [2.24, 2.45) is 0 Å². The maximum atomic E-state index is 12.2. The van der Waals surface area contributed by atoms with Crippen LogP contribution in [-0.2, 0) is 16.2 Å². The molecule has 3 rings (SSSR count). The Labute approximate surface area is 116 Å². The number of piperidine rings is 1. The lowest BCUT2D eigenvalue weighted by Gasteiger charge is -2.26. The molecule has 2 heterocycles. The van der Waals surface area contributed by atoms with Crippen molar-refractivity contribution in [2.75, 3.05) is 6.54 Å². The standard InChI is InChI=1S/C14H16N2O4/c17-13(18)12-7-6-11-8-15(12)14(19)16(11)20-9-10-4-2-1-3-5-10/h1-5,11-12H,6-9H2,(H,17,18). The van der Waals surface area contributed by atoms with Gasteiger partial charge in [-0.1, -0.05) is 30.3 Å². The summed E-state index contributed by atoms with van der Waals surface area (Å²) in [5.41, 5.74) is 0.978. The molecule has 1 aromatic carbocycles. The minimum absolute atomic E-state index is 0.0400. The molecule has 106 valence electrons. The second-order valence-electron chi connectivity index (χ2n) is 5.10. The number of amides is 2. The monoisotopic (exact) mass is 276 g/mol. The summed E-state index contributed by atoms with van der Waals surface area (Å²) in [6, 6.07) is 8.49. The van der Waals surface area contributed by atoms with E-state index in [0.717, 1.165) is 5.56 Å². The van der Waals surface area contributed by atoms with Gasteiger partial charge < -0.3 is 10.0 Å². The number of hydrogen-bond acceptors (Lipinski definition) is 3. The molecular formula is C14H16N2O4. The molecular weight excluding hydrogens is 260 g/mol. The molecule has 2 aliphatic rings. The first-order valence-corrected chi connectivity index (χ1v) is 6.66. The number of aliphatic carboxylic acids is 1. The Kier molecular flexibility index (Phi) is 3.31. The minimum Gasteiger partial charge on any atom is -0.480 e. The fourth-order valence-corrected chi connectivity index (χ4v) is 2.77. The van der Waals surface area contributed by atoms with E-state index in [2.05, 4.69) is 0 Å². The smallest absolute Gasteiger partial charge is 0.345 e. The third kappa shape index (κ3) is 2.22. The zero-order valence-electron chi connectivity index (χ0n) is 10.9. The average molecular weight is 276 g/mol. The number of carbonyl (C=O) groups excluding carboxylic acids is 1. The lowest BCUT2D eigenvalue weighted by molar-refractivity contribution is -0.143. The van der Waals surface area contributed by atoms with Crippen molar-refractivity contribution in [3.05, 3.63) is 35.9 Å². The van der Waals surface area contributed by atoms with Gasteiger partial charge in [-0.05, 0) is 18.4 Å². The van der Waals surface area contributed by atoms with Crippen molar-refractivity contribution in [2.45, 2.75) is 31.5 Å². The normalized spacial score (nSPS) is 25.1. The highest BCUT2D eigenvalue weighted by atomic mass is 16.7. The van der Waals surface area contributed by atoms with Crippen LogP contribution >= 0.6 is 0 Å². The molecule has 20 heavy (non-hydrogen) atoms. The lowest BCUT2D eigenvalue weighted by atomic mass is 10.0. The third-order valence-electron chi connectivity index (χ3n) is 3.82. The van der Waals surface area contributed by atoms with E-state index in [1.54, 1.807) is 0 Å². The number of hydrogen-bond donors (Lipinski definition) is 1. The Bertz CT molecular complexity index is 519. The van der Waals surface area contributed by atoms with E-state index in [4.69, 9.17) is 9.94 Å². The number of hydroxylamine groups is 2. The maximum absolute atomic E-state index is 12.2. The summed E-state index contributed by atoms with van der Waals surface area (Å²) < 4.78 is 0. The molecule has 2 unspecified atom stereocenters. The molecule has 2 atom stereocenters. The number of fused-ring (bicyclic) bond motifs is 2. The number of carbonyl (C=O) groups is 2. The molecule has 0 aromatic heterocycles. The van der Waals surface area contributed by atoms with E-state index in [9.17, 15) is 9.59 Å². The molecule has 2 saturated heterocycles. The van der Waals surface area contributed by atoms with E-state index in [1.807, 2.05) is 30.3 Å². The predicted octanol–water partition coefficient (Wildman–Crippen LogP) is 1.47. The van der Waals surface area contributed by atoms with Crippen molar-refractivity contribution >= 4 is 12.0 Å². The topological polar surface area (TPSA) is 70.1 Å². The van der Waals surface area contributed by atoms with Crippen LogP contribution in [0, 0.1) is 0 Å². The Morgan fingerprint density at radius 1 is 1.30 bits per heavy atom. The number of benzene rings is 1. The van der Waals surface area contributed by atoms with Gasteiger partial charge in [0, 0.05) is 6.54 Å².